The number of hydrogen-bond donors (Lipinski definition) is 0. The van der Waals surface area contributed by atoms with Gasteiger partial charge >= 0.3 is 5.97 Å². The van der Waals surface area contributed by atoms with E-state index in [4.69, 9.17) is 4.74 Å². The first-order valence-electron chi connectivity index (χ1n) is 9.86. The molecule has 0 saturated carbocycles. The molecule has 1 atom stereocenters. The maximum Gasteiger partial charge on any atom is 0.338 e. The van der Waals surface area contributed by atoms with Crippen LogP contribution in [0.5, 0.6) is 11.5 Å². The van der Waals surface area contributed by atoms with Crippen LogP contribution in [0.25, 0.3) is 0 Å². The van der Waals surface area contributed by atoms with Crippen molar-refractivity contribution in [1.29, 1.82) is 0 Å². The molecule has 11 nitrogen and oxygen atoms in total. The molecule has 13 heteroatoms. The Bertz CT molecular complexity index is 1180. The van der Waals surface area contributed by atoms with Crippen LogP contribution in [0.1, 0.15) is 28.8 Å². The fraction of sp³-hybridized carbons (Fsp3) is 0.350. The summed E-state index contributed by atoms with van der Waals surface area (Å²) in [5.74, 6) is -0.799. The monoisotopic (exact) mass is 499 g/mol. The molecule has 180 valence electrons. The number of esters is 1. The van der Waals surface area contributed by atoms with E-state index >= 15 is 0 Å². The van der Waals surface area contributed by atoms with Gasteiger partial charge in [0.2, 0.25) is 0 Å². The molecular formula is C20H21NO10S2-2. The van der Waals surface area contributed by atoms with Crippen LogP contribution in [0.15, 0.2) is 48.5 Å². The number of nitrogens with zero attached hydrogens (tertiary/aromatic N) is 1. The number of para-hydroxylation sites is 1. The second-order valence-corrected chi connectivity index (χ2v) is 9.42. The largest absolute Gasteiger partial charge is 0.716 e. The molecule has 1 fully saturated rings. The number of likely N-dealkylation sites (tertiary alicyclic amines) is 1. The molecule has 0 N–H and O–H groups in total. The van der Waals surface area contributed by atoms with Gasteiger partial charge in [0.1, 0.15) is 11.5 Å². The van der Waals surface area contributed by atoms with E-state index < -0.39 is 26.8 Å². The fourth-order valence-corrected chi connectivity index (χ4v) is 4.27. The highest BCUT2D eigenvalue weighted by Gasteiger charge is 2.23. The molecule has 2 aromatic carbocycles. The predicted molar refractivity (Wildman–Crippen MR) is 112 cm³/mol. The van der Waals surface area contributed by atoms with Crippen molar-refractivity contribution in [3.05, 3.63) is 59.7 Å². The zero-order chi connectivity index (χ0) is 24.1. The molecule has 0 aliphatic carbocycles. The summed E-state index contributed by atoms with van der Waals surface area (Å²) < 4.78 is 78.7. The molecule has 0 aromatic heterocycles. The quantitative estimate of drug-likeness (QED) is 0.279. The molecule has 33 heavy (non-hydrogen) atoms. The Balaban J connectivity index is 1.54. The number of piperidine rings is 1. The average Bonchev–Trinajstić information content (AvgIpc) is 2.72. The maximum absolute atomic E-state index is 12.3. The van der Waals surface area contributed by atoms with Crippen molar-refractivity contribution in [2.24, 2.45) is 5.92 Å². The number of carbonyl (C=O) groups is 1. The standard InChI is InChI=1S/C20H23NO10S2/c22-20(16-7-9-18(10-8-16)30-32(23,24)25)29-14-15-4-3-11-21(12-15)13-17-5-1-2-6-19(17)31-33(26,27)28/h1-2,5-10,15H,3-4,11-14H2,(H,23,24,25)(H,26,27,28)/p-2. The SMILES string of the molecule is O=C(OCC1CCCN(Cc2ccccc2OS(=O)(=O)[O-])C1)c1ccc(OS(=O)(=O)[O-])cc1. The lowest BCUT2D eigenvalue weighted by Gasteiger charge is -2.32. The molecule has 2 aromatic rings. The summed E-state index contributed by atoms with van der Waals surface area (Å²) in [6, 6.07) is 11.3. The number of carbonyl (C=O) groups excluding carboxylic acids is 1. The van der Waals surface area contributed by atoms with Crippen LogP contribution in [0, 0.1) is 5.92 Å². The van der Waals surface area contributed by atoms with Crippen LogP contribution in [0.2, 0.25) is 0 Å². The predicted octanol–water partition coefficient (Wildman–Crippen LogP) is 1.43. The number of ether oxygens (including phenoxy) is 1. The molecule has 1 saturated heterocycles. The third kappa shape index (κ3) is 8.29. The van der Waals surface area contributed by atoms with Crippen LogP contribution in [0.4, 0.5) is 0 Å². The molecule has 1 unspecified atom stereocenters. The molecule has 0 radical (unpaired) electrons. The van der Waals surface area contributed by atoms with Gasteiger partial charge in [0.15, 0.2) is 0 Å². The number of benzene rings is 2. The second kappa shape index (κ2) is 10.5. The molecular weight excluding hydrogens is 478 g/mol. The van der Waals surface area contributed by atoms with E-state index in [1.807, 2.05) is 0 Å². The van der Waals surface area contributed by atoms with E-state index in [1.54, 1.807) is 18.2 Å². The van der Waals surface area contributed by atoms with Crippen LogP contribution < -0.4 is 8.37 Å². The molecule has 0 spiro atoms. The third-order valence-corrected chi connectivity index (χ3v) is 5.68. The van der Waals surface area contributed by atoms with Gasteiger partial charge in [0.25, 0.3) is 20.8 Å². The summed E-state index contributed by atoms with van der Waals surface area (Å²) in [5, 5.41) is 0. The number of rotatable bonds is 9. The first-order valence-corrected chi connectivity index (χ1v) is 12.5. The Labute approximate surface area is 191 Å². The Morgan fingerprint density at radius 3 is 2.30 bits per heavy atom. The first-order chi connectivity index (χ1) is 15.5. The van der Waals surface area contributed by atoms with Crippen molar-refractivity contribution in [2.75, 3.05) is 19.7 Å². The summed E-state index contributed by atoms with van der Waals surface area (Å²) in [6.07, 6.45) is 1.66. The van der Waals surface area contributed by atoms with Crippen LogP contribution in [0.3, 0.4) is 0 Å². The summed E-state index contributed by atoms with van der Waals surface area (Å²) >= 11 is 0. The van der Waals surface area contributed by atoms with Gasteiger partial charge < -0.3 is 22.2 Å². The van der Waals surface area contributed by atoms with Crippen molar-refractivity contribution < 1.29 is 43.8 Å². The highest BCUT2D eigenvalue weighted by molar-refractivity contribution is 7.81. The minimum Gasteiger partial charge on any atom is -0.716 e. The zero-order valence-electron chi connectivity index (χ0n) is 17.3. The lowest BCUT2D eigenvalue weighted by Crippen LogP contribution is -2.37. The molecule has 1 aliphatic rings. The minimum absolute atomic E-state index is 0.0155. The van der Waals surface area contributed by atoms with Crippen molar-refractivity contribution in [2.45, 2.75) is 19.4 Å². The van der Waals surface area contributed by atoms with E-state index in [0.29, 0.717) is 18.7 Å². The summed E-state index contributed by atoms with van der Waals surface area (Å²) in [7, 11) is -9.79. The van der Waals surface area contributed by atoms with Gasteiger partial charge in [-0.3, -0.25) is 4.90 Å². The number of hydrogen-bond acceptors (Lipinski definition) is 11. The summed E-state index contributed by atoms with van der Waals surface area (Å²) in [5.41, 5.74) is 0.722. The van der Waals surface area contributed by atoms with E-state index in [0.717, 1.165) is 19.4 Å². The van der Waals surface area contributed by atoms with Crippen LogP contribution in [-0.4, -0.2) is 56.5 Å². The van der Waals surface area contributed by atoms with Gasteiger partial charge in [-0.25, -0.2) is 21.6 Å². The van der Waals surface area contributed by atoms with E-state index in [-0.39, 0.29) is 29.6 Å². The average molecular weight is 500 g/mol. The zero-order valence-corrected chi connectivity index (χ0v) is 18.9. The maximum atomic E-state index is 12.3. The van der Waals surface area contributed by atoms with E-state index in [2.05, 4.69) is 13.3 Å². The van der Waals surface area contributed by atoms with E-state index in [1.165, 1.54) is 30.3 Å². The molecule has 0 amide bonds. The van der Waals surface area contributed by atoms with Crippen LogP contribution >= 0.6 is 0 Å². The summed E-state index contributed by atoms with van der Waals surface area (Å²) in [6.45, 7) is 1.84. The highest BCUT2D eigenvalue weighted by Crippen LogP contribution is 2.25. The molecule has 1 heterocycles. The van der Waals surface area contributed by atoms with Gasteiger partial charge in [-0.1, -0.05) is 18.2 Å². The van der Waals surface area contributed by atoms with Crippen molar-refractivity contribution in [3.8, 4) is 11.5 Å². The molecule has 1 aliphatic heterocycles. The normalized spacial score (nSPS) is 17.3. The Hall–Kier alpha value is -2.71. The van der Waals surface area contributed by atoms with Crippen molar-refractivity contribution in [1.82, 2.24) is 4.90 Å². The van der Waals surface area contributed by atoms with Crippen LogP contribution in [-0.2, 0) is 32.1 Å². The van der Waals surface area contributed by atoms with Gasteiger partial charge in [-0.05, 0) is 49.7 Å². The lowest BCUT2D eigenvalue weighted by molar-refractivity contribution is 0.0347. The van der Waals surface area contributed by atoms with Gasteiger partial charge in [0.05, 0.1) is 12.2 Å². The molecule has 3 rings (SSSR count). The summed E-state index contributed by atoms with van der Waals surface area (Å²) in [4.78, 5) is 14.3. The van der Waals surface area contributed by atoms with Gasteiger partial charge in [-0.2, -0.15) is 0 Å². The van der Waals surface area contributed by atoms with E-state index in [9.17, 15) is 30.7 Å². The Kier molecular flexibility index (Phi) is 7.92. The highest BCUT2D eigenvalue weighted by atomic mass is 32.3. The lowest BCUT2D eigenvalue weighted by atomic mass is 9.98. The smallest absolute Gasteiger partial charge is 0.338 e. The first kappa shape index (κ1) is 24.9. The molecule has 0 bridgehead atoms. The van der Waals surface area contributed by atoms with Crippen molar-refractivity contribution in [3.63, 3.8) is 0 Å². The Morgan fingerprint density at radius 2 is 1.64 bits per heavy atom. The fourth-order valence-electron chi connectivity index (χ4n) is 3.54. The minimum atomic E-state index is -4.90. The van der Waals surface area contributed by atoms with Gasteiger partial charge in [-0.15, -0.1) is 0 Å². The topological polar surface area (TPSA) is 162 Å². The van der Waals surface area contributed by atoms with Crippen molar-refractivity contribution >= 4 is 26.8 Å². The van der Waals surface area contributed by atoms with Gasteiger partial charge in [0, 0.05) is 24.6 Å². The third-order valence-electron chi connectivity index (χ3n) is 4.90. The Morgan fingerprint density at radius 1 is 0.970 bits per heavy atom. The second-order valence-electron chi connectivity index (χ2n) is 7.46.